The number of nitrogens with one attached hydrogen (secondary N) is 1. The lowest BCUT2D eigenvalue weighted by atomic mass is 10.1. The number of hydrogen-bond acceptors (Lipinski definition) is 6. The van der Waals surface area contributed by atoms with E-state index in [0.717, 1.165) is 40.3 Å². The average Bonchev–Trinajstić information content (AvgIpc) is 3.63. The molecular formula is C30H35F2N3O5S. The number of urea groups is 1. The van der Waals surface area contributed by atoms with E-state index in [1.165, 1.54) is 4.90 Å². The summed E-state index contributed by atoms with van der Waals surface area (Å²) in [6.07, 6.45) is 1.93. The Kier molecular flexibility index (Phi) is 10.5. The molecule has 11 heteroatoms. The van der Waals surface area contributed by atoms with Gasteiger partial charge in [0.25, 0.3) is 0 Å². The molecule has 41 heavy (non-hydrogen) atoms. The zero-order valence-corrected chi connectivity index (χ0v) is 24.3. The van der Waals surface area contributed by atoms with Gasteiger partial charge in [0.15, 0.2) is 11.5 Å². The van der Waals surface area contributed by atoms with Gasteiger partial charge < -0.3 is 29.3 Å². The van der Waals surface area contributed by atoms with Gasteiger partial charge >= 0.3 is 6.03 Å². The van der Waals surface area contributed by atoms with Crippen LogP contribution in [0.25, 0.3) is 0 Å². The molecule has 1 aliphatic heterocycles. The second-order valence-corrected chi connectivity index (χ2v) is 11.2. The van der Waals surface area contributed by atoms with Gasteiger partial charge in [0.1, 0.15) is 18.2 Å². The third kappa shape index (κ3) is 8.40. The first kappa shape index (κ1) is 30.3. The molecule has 1 fully saturated rings. The predicted octanol–water partition coefficient (Wildman–Crippen LogP) is 5.64. The van der Waals surface area contributed by atoms with Crippen molar-refractivity contribution < 1.29 is 32.6 Å². The molecule has 1 saturated heterocycles. The monoisotopic (exact) mass is 587 g/mol. The fourth-order valence-corrected chi connectivity index (χ4v) is 5.56. The fourth-order valence-electron chi connectivity index (χ4n) is 4.65. The number of hydrogen-bond donors (Lipinski definition) is 1. The summed E-state index contributed by atoms with van der Waals surface area (Å²) >= 11 is 1.61. The number of rotatable bonds is 12. The van der Waals surface area contributed by atoms with Crippen LogP contribution in [-0.2, 0) is 22.5 Å². The van der Waals surface area contributed by atoms with E-state index >= 15 is 0 Å². The predicted molar refractivity (Wildman–Crippen MR) is 154 cm³/mol. The minimum atomic E-state index is -0.897. The molecule has 0 aliphatic carbocycles. The number of carbonyl (C=O) groups excluding carboxylic acids is 2. The molecule has 3 aromatic rings. The number of thiophene rings is 1. The molecule has 1 unspecified atom stereocenters. The Labute approximate surface area is 242 Å². The number of ether oxygens (including phenoxy) is 3. The number of amides is 3. The first-order valence-electron chi connectivity index (χ1n) is 13.4. The fraction of sp³-hybridized carbons (Fsp3) is 0.400. The molecule has 8 nitrogen and oxygen atoms in total. The quantitative estimate of drug-likeness (QED) is 0.297. The van der Waals surface area contributed by atoms with Crippen LogP contribution in [0.3, 0.4) is 0 Å². The van der Waals surface area contributed by atoms with Gasteiger partial charge in [-0.2, -0.15) is 0 Å². The molecule has 1 aromatic heterocycles. The van der Waals surface area contributed by atoms with Crippen molar-refractivity contribution in [3.63, 3.8) is 0 Å². The molecule has 0 bridgehead atoms. The Morgan fingerprint density at radius 3 is 2.51 bits per heavy atom. The third-order valence-electron chi connectivity index (χ3n) is 6.85. The highest BCUT2D eigenvalue weighted by atomic mass is 32.1. The molecule has 3 amide bonds. The Morgan fingerprint density at radius 2 is 1.85 bits per heavy atom. The van der Waals surface area contributed by atoms with Gasteiger partial charge in [-0.1, -0.05) is 6.07 Å². The topological polar surface area (TPSA) is 80.3 Å². The molecule has 0 spiro atoms. The van der Waals surface area contributed by atoms with Crippen molar-refractivity contribution >= 4 is 29.0 Å². The molecule has 2 heterocycles. The maximum Gasteiger partial charge on any atom is 0.322 e. The van der Waals surface area contributed by atoms with E-state index in [4.69, 9.17) is 14.2 Å². The first-order chi connectivity index (χ1) is 19.7. The van der Waals surface area contributed by atoms with Gasteiger partial charge in [-0.05, 0) is 68.1 Å². The number of nitrogens with zero attached hydrogens (tertiary/aromatic N) is 2. The normalized spacial score (nSPS) is 14.5. The summed E-state index contributed by atoms with van der Waals surface area (Å²) in [5.74, 6) is -0.688. The van der Waals surface area contributed by atoms with Crippen LogP contribution in [0.15, 0.2) is 48.5 Å². The highest BCUT2D eigenvalue weighted by Crippen LogP contribution is 2.28. The van der Waals surface area contributed by atoms with Gasteiger partial charge in [0.05, 0.1) is 32.6 Å². The summed E-state index contributed by atoms with van der Waals surface area (Å²) in [6.45, 7) is 3.30. The van der Waals surface area contributed by atoms with Crippen LogP contribution in [0.5, 0.6) is 11.5 Å². The van der Waals surface area contributed by atoms with Gasteiger partial charge in [-0.25, -0.2) is 13.6 Å². The van der Waals surface area contributed by atoms with Crippen LogP contribution in [-0.4, -0.2) is 68.3 Å². The molecule has 0 saturated carbocycles. The van der Waals surface area contributed by atoms with Crippen molar-refractivity contribution in [2.45, 2.75) is 38.8 Å². The summed E-state index contributed by atoms with van der Waals surface area (Å²) < 4.78 is 44.1. The van der Waals surface area contributed by atoms with Crippen LogP contribution in [0.4, 0.5) is 19.3 Å². The smallest absolute Gasteiger partial charge is 0.322 e. The molecule has 0 radical (unpaired) electrons. The summed E-state index contributed by atoms with van der Waals surface area (Å²) in [5.41, 5.74) is 0.795. The summed E-state index contributed by atoms with van der Waals surface area (Å²) in [7, 11) is 3.14. The minimum absolute atomic E-state index is 0.166. The maximum absolute atomic E-state index is 14.3. The third-order valence-corrected chi connectivity index (χ3v) is 7.83. The van der Waals surface area contributed by atoms with Gasteiger partial charge in [-0.15, -0.1) is 11.3 Å². The van der Waals surface area contributed by atoms with E-state index in [1.807, 2.05) is 37.3 Å². The molecule has 1 N–H and O–H groups in total. The first-order valence-corrected chi connectivity index (χ1v) is 14.2. The lowest BCUT2D eigenvalue weighted by molar-refractivity contribution is -0.132. The van der Waals surface area contributed by atoms with Gasteiger partial charge in [-0.3, -0.25) is 4.79 Å². The molecule has 1 aliphatic rings. The van der Waals surface area contributed by atoms with Crippen LogP contribution < -0.4 is 14.8 Å². The Balaban J connectivity index is 1.52. The van der Waals surface area contributed by atoms with Crippen LogP contribution >= 0.6 is 11.3 Å². The Morgan fingerprint density at radius 1 is 1.05 bits per heavy atom. The highest BCUT2D eigenvalue weighted by molar-refractivity contribution is 7.11. The van der Waals surface area contributed by atoms with Crippen molar-refractivity contribution in [3.8, 4) is 11.5 Å². The largest absolute Gasteiger partial charge is 0.493 e. The van der Waals surface area contributed by atoms with Crippen molar-refractivity contribution in [1.82, 2.24) is 9.80 Å². The van der Waals surface area contributed by atoms with E-state index in [-0.39, 0.29) is 30.8 Å². The summed E-state index contributed by atoms with van der Waals surface area (Å²) in [5, 5.41) is 2.49. The van der Waals surface area contributed by atoms with E-state index in [9.17, 15) is 18.4 Å². The maximum atomic E-state index is 14.3. The van der Waals surface area contributed by atoms with Gasteiger partial charge in [0.2, 0.25) is 5.91 Å². The summed E-state index contributed by atoms with van der Waals surface area (Å²) in [4.78, 5) is 32.2. The van der Waals surface area contributed by atoms with Crippen molar-refractivity contribution in [2.24, 2.45) is 0 Å². The standard InChI is InChI=1S/C30H35F2N3O5S/c1-20-6-9-24(41-20)18-34(13-12-21-7-11-27(38-2)28(15-21)39-3)29(36)19-35(17-23-5-4-14-40-23)30(37)33-26-10-8-22(31)16-25(26)32/h6-11,15-16,23H,4-5,12-14,17-19H2,1-3H3,(H,33,37). The van der Waals surface area contributed by atoms with E-state index in [1.54, 1.807) is 30.5 Å². The number of halogens is 2. The molecule has 1 atom stereocenters. The minimum Gasteiger partial charge on any atom is -0.493 e. The number of aryl methyl sites for hydroxylation is 1. The number of methoxy groups -OCH3 is 2. The van der Waals surface area contributed by atoms with Crippen LogP contribution in [0, 0.1) is 18.6 Å². The van der Waals surface area contributed by atoms with Gasteiger partial charge in [0, 0.05) is 35.5 Å². The molecular weight excluding hydrogens is 552 g/mol. The van der Waals surface area contributed by atoms with E-state index in [2.05, 4.69) is 5.32 Å². The van der Waals surface area contributed by atoms with Crippen LogP contribution in [0.1, 0.15) is 28.2 Å². The van der Waals surface area contributed by atoms with Crippen molar-refractivity contribution in [3.05, 3.63) is 75.5 Å². The SMILES string of the molecule is COc1ccc(CCN(Cc2ccc(C)s2)C(=O)CN(CC2CCCO2)C(=O)Nc2ccc(F)cc2F)cc1OC. The lowest BCUT2D eigenvalue weighted by Crippen LogP contribution is -2.47. The Bertz CT molecular complexity index is 1350. The molecule has 2 aromatic carbocycles. The van der Waals surface area contributed by atoms with Crippen LogP contribution in [0.2, 0.25) is 0 Å². The molecule has 220 valence electrons. The number of benzene rings is 2. The second kappa shape index (κ2) is 14.3. The highest BCUT2D eigenvalue weighted by Gasteiger charge is 2.27. The number of anilines is 1. The molecule has 4 rings (SSSR count). The lowest BCUT2D eigenvalue weighted by Gasteiger charge is -2.29. The average molecular weight is 588 g/mol. The second-order valence-electron chi connectivity index (χ2n) is 9.84. The van der Waals surface area contributed by atoms with Crippen molar-refractivity contribution in [2.75, 3.05) is 45.8 Å². The Hall–Kier alpha value is -3.70. The van der Waals surface area contributed by atoms with E-state index in [0.29, 0.717) is 43.7 Å². The summed E-state index contributed by atoms with van der Waals surface area (Å²) in [6, 6.07) is 11.9. The zero-order chi connectivity index (χ0) is 29.4. The van der Waals surface area contributed by atoms with E-state index < -0.39 is 17.7 Å². The zero-order valence-electron chi connectivity index (χ0n) is 23.5. The number of carbonyl (C=O) groups is 2. The van der Waals surface area contributed by atoms with Crippen molar-refractivity contribution in [1.29, 1.82) is 0 Å².